The average Bonchev–Trinajstić information content (AvgIpc) is 3.11. The van der Waals surface area contributed by atoms with Crippen molar-refractivity contribution in [2.75, 3.05) is 13.1 Å². The first-order valence-corrected chi connectivity index (χ1v) is 8.36. The molecule has 7 nitrogen and oxygen atoms in total. The molecule has 0 unspecified atom stereocenters. The second-order valence-electron chi connectivity index (χ2n) is 6.72. The second kappa shape index (κ2) is 5.84. The van der Waals surface area contributed by atoms with Crippen LogP contribution in [0.15, 0.2) is 35.1 Å². The van der Waals surface area contributed by atoms with E-state index in [4.69, 9.17) is 4.74 Å². The maximum absolute atomic E-state index is 12.6. The van der Waals surface area contributed by atoms with Gasteiger partial charge in [-0.2, -0.15) is 0 Å². The van der Waals surface area contributed by atoms with Crippen LogP contribution in [0.1, 0.15) is 35.9 Å². The molecule has 1 aliphatic heterocycles. The van der Waals surface area contributed by atoms with Crippen molar-refractivity contribution in [1.82, 2.24) is 20.1 Å². The lowest BCUT2D eigenvalue weighted by molar-refractivity contribution is 0.0593. The van der Waals surface area contributed by atoms with Gasteiger partial charge in [-0.3, -0.25) is 14.7 Å². The van der Waals surface area contributed by atoms with Gasteiger partial charge in [-0.25, -0.2) is 0 Å². The molecule has 0 bridgehead atoms. The lowest BCUT2D eigenvalue weighted by Gasteiger charge is -2.38. The molecule has 0 saturated carbocycles. The predicted octanol–water partition coefficient (Wildman–Crippen LogP) is 2.21. The largest absolute Gasteiger partial charge is 0.491 e. The van der Waals surface area contributed by atoms with Crippen LogP contribution in [0.25, 0.3) is 10.9 Å². The van der Waals surface area contributed by atoms with Gasteiger partial charge in [0.15, 0.2) is 0 Å². The number of fused-ring (bicyclic) bond motifs is 1. The first-order chi connectivity index (χ1) is 12.0. The molecule has 1 amide bonds. The number of amides is 1. The lowest BCUT2D eigenvalue weighted by Crippen LogP contribution is -2.48. The molecule has 1 fully saturated rings. The number of carbonyl (C=O) groups excluding carboxylic acids is 1. The molecule has 1 aromatic carbocycles. The summed E-state index contributed by atoms with van der Waals surface area (Å²) in [7, 11) is 0. The molecule has 25 heavy (non-hydrogen) atoms. The van der Waals surface area contributed by atoms with Gasteiger partial charge in [0.05, 0.1) is 6.10 Å². The molecule has 1 saturated heterocycles. The highest BCUT2D eigenvalue weighted by molar-refractivity contribution is 5.98. The fourth-order valence-corrected chi connectivity index (χ4v) is 3.15. The van der Waals surface area contributed by atoms with E-state index in [2.05, 4.69) is 15.2 Å². The number of carbonyl (C=O) groups is 1. The van der Waals surface area contributed by atoms with Crippen LogP contribution in [0.2, 0.25) is 0 Å². The van der Waals surface area contributed by atoms with Gasteiger partial charge < -0.3 is 19.7 Å². The molecule has 7 heteroatoms. The van der Waals surface area contributed by atoms with Crippen molar-refractivity contribution in [3.8, 4) is 5.75 Å². The van der Waals surface area contributed by atoms with Crippen molar-refractivity contribution >= 4 is 16.8 Å². The molecule has 3 heterocycles. The number of H-pyrrole nitrogens is 3. The van der Waals surface area contributed by atoms with E-state index in [1.54, 1.807) is 11.0 Å². The first kappa shape index (κ1) is 15.6. The van der Waals surface area contributed by atoms with Crippen LogP contribution in [0, 0.1) is 0 Å². The Bertz CT molecular complexity index is 976. The zero-order valence-electron chi connectivity index (χ0n) is 14.1. The van der Waals surface area contributed by atoms with E-state index in [1.165, 1.54) is 0 Å². The minimum atomic E-state index is -0.144. The Labute approximate surface area is 144 Å². The predicted molar refractivity (Wildman–Crippen MR) is 94.1 cm³/mol. The number of rotatable bonds is 4. The van der Waals surface area contributed by atoms with Crippen molar-refractivity contribution < 1.29 is 9.53 Å². The minimum absolute atomic E-state index is 0.0309. The van der Waals surface area contributed by atoms with Crippen molar-refractivity contribution in [3.05, 3.63) is 52.1 Å². The summed E-state index contributed by atoms with van der Waals surface area (Å²) in [6, 6.07) is 9.18. The van der Waals surface area contributed by atoms with Crippen molar-refractivity contribution in [2.24, 2.45) is 0 Å². The van der Waals surface area contributed by atoms with E-state index < -0.39 is 0 Å². The third kappa shape index (κ3) is 2.93. The van der Waals surface area contributed by atoms with Gasteiger partial charge in [0.1, 0.15) is 11.4 Å². The Hall–Kier alpha value is -2.96. The van der Waals surface area contributed by atoms with E-state index in [0.29, 0.717) is 18.8 Å². The number of nitrogens with one attached hydrogen (secondary N) is 3. The van der Waals surface area contributed by atoms with Gasteiger partial charge in [-0.15, -0.1) is 0 Å². The number of nitrogens with zero attached hydrogens (tertiary/aromatic N) is 1. The SMILES string of the molecule is CC(C)Oc1ccc2cc(C(=O)N3CC(c4cc(=O)[nH][nH]4)C3)[nH]c2c1. The van der Waals surface area contributed by atoms with Crippen LogP contribution in [0.4, 0.5) is 0 Å². The molecule has 0 spiro atoms. The molecule has 1 aliphatic rings. The van der Waals surface area contributed by atoms with E-state index in [0.717, 1.165) is 22.3 Å². The third-order valence-electron chi connectivity index (χ3n) is 4.42. The smallest absolute Gasteiger partial charge is 0.270 e. The molecular weight excluding hydrogens is 320 g/mol. The quantitative estimate of drug-likeness (QED) is 0.680. The fraction of sp³-hybridized carbons (Fsp3) is 0.333. The van der Waals surface area contributed by atoms with Crippen LogP contribution in [-0.2, 0) is 0 Å². The molecular formula is C18H20N4O3. The zero-order valence-corrected chi connectivity index (χ0v) is 14.1. The molecule has 130 valence electrons. The van der Waals surface area contributed by atoms with E-state index in [1.807, 2.05) is 38.1 Å². The van der Waals surface area contributed by atoms with E-state index in [9.17, 15) is 9.59 Å². The minimum Gasteiger partial charge on any atom is -0.491 e. The summed E-state index contributed by atoms with van der Waals surface area (Å²) in [6.07, 6.45) is 0.103. The summed E-state index contributed by atoms with van der Waals surface area (Å²) in [5, 5.41) is 6.36. The van der Waals surface area contributed by atoms with Crippen LogP contribution >= 0.6 is 0 Å². The highest BCUT2D eigenvalue weighted by Crippen LogP contribution is 2.28. The fourth-order valence-electron chi connectivity index (χ4n) is 3.15. The summed E-state index contributed by atoms with van der Waals surface area (Å²) in [5.41, 5.74) is 2.15. The molecule has 2 aromatic heterocycles. The van der Waals surface area contributed by atoms with E-state index in [-0.39, 0.29) is 23.5 Å². The molecule has 3 N–H and O–H groups in total. The summed E-state index contributed by atoms with van der Waals surface area (Å²) in [5.74, 6) is 0.929. The molecule has 3 aromatic rings. The number of aromatic amines is 3. The first-order valence-electron chi connectivity index (χ1n) is 8.36. The van der Waals surface area contributed by atoms with Gasteiger partial charge in [0.25, 0.3) is 11.5 Å². The van der Waals surface area contributed by atoms with Crippen molar-refractivity contribution in [3.63, 3.8) is 0 Å². The summed E-state index contributed by atoms with van der Waals surface area (Å²) in [4.78, 5) is 28.8. The molecule has 0 radical (unpaired) electrons. The molecule has 0 aliphatic carbocycles. The summed E-state index contributed by atoms with van der Waals surface area (Å²) < 4.78 is 5.69. The summed E-state index contributed by atoms with van der Waals surface area (Å²) >= 11 is 0. The second-order valence-corrected chi connectivity index (χ2v) is 6.72. The Morgan fingerprint density at radius 3 is 2.68 bits per heavy atom. The number of aromatic nitrogens is 3. The Morgan fingerprint density at radius 1 is 1.20 bits per heavy atom. The van der Waals surface area contributed by atoms with Crippen LogP contribution in [0.3, 0.4) is 0 Å². The Kier molecular flexibility index (Phi) is 3.63. The van der Waals surface area contributed by atoms with Crippen LogP contribution in [0.5, 0.6) is 5.75 Å². The van der Waals surface area contributed by atoms with Gasteiger partial charge in [0.2, 0.25) is 0 Å². The highest BCUT2D eigenvalue weighted by atomic mass is 16.5. The molecule has 0 atom stereocenters. The number of ether oxygens (including phenoxy) is 1. The standard InChI is InChI=1S/C18H20N4O3/c1-10(2)25-13-4-3-11-5-16(19-14(11)6-13)18(24)22-8-12(9-22)15-7-17(23)21-20-15/h3-7,10,12,19H,8-9H2,1-2H3,(H2,20,21,23). The monoisotopic (exact) mass is 340 g/mol. The lowest BCUT2D eigenvalue weighted by atomic mass is 9.96. The van der Waals surface area contributed by atoms with Gasteiger partial charge >= 0.3 is 0 Å². The normalized spacial score (nSPS) is 14.9. The van der Waals surface area contributed by atoms with E-state index >= 15 is 0 Å². The van der Waals surface area contributed by atoms with Crippen molar-refractivity contribution in [2.45, 2.75) is 25.9 Å². The van der Waals surface area contributed by atoms with Gasteiger partial charge in [-0.05, 0) is 32.0 Å². The topological polar surface area (TPSA) is 94.0 Å². The maximum Gasteiger partial charge on any atom is 0.270 e. The molecule has 4 rings (SSSR count). The number of hydrogen-bond acceptors (Lipinski definition) is 3. The van der Waals surface area contributed by atoms with Gasteiger partial charge in [-0.1, -0.05) is 0 Å². The zero-order chi connectivity index (χ0) is 17.6. The van der Waals surface area contributed by atoms with Crippen molar-refractivity contribution in [1.29, 1.82) is 0 Å². The Balaban J connectivity index is 1.48. The number of hydrogen-bond donors (Lipinski definition) is 3. The number of likely N-dealkylation sites (tertiary alicyclic amines) is 1. The van der Waals surface area contributed by atoms with Gasteiger partial charge in [0, 0.05) is 47.7 Å². The summed E-state index contributed by atoms with van der Waals surface area (Å²) in [6.45, 7) is 5.16. The van der Waals surface area contributed by atoms with Crippen LogP contribution < -0.4 is 10.3 Å². The Morgan fingerprint density at radius 2 is 2.00 bits per heavy atom. The number of benzene rings is 1. The third-order valence-corrected chi connectivity index (χ3v) is 4.42. The highest BCUT2D eigenvalue weighted by Gasteiger charge is 2.33. The average molecular weight is 340 g/mol. The van der Waals surface area contributed by atoms with Crippen LogP contribution in [-0.4, -0.2) is 45.2 Å². The maximum atomic E-state index is 12.6.